The molecular weight excluding hydrogens is 199 g/mol. The van der Waals surface area contributed by atoms with Crippen molar-refractivity contribution < 1.29 is 41.5 Å². The molecule has 1 rings (SSSR count). The first kappa shape index (κ1) is 9.18. The Balaban J connectivity index is 0.000000640. The third-order valence-corrected chi connectivity index (χ3v) is 0.724. The monoisotopic (exact) mass is 202 g/mol. The van der Waals surface area contributed by atoms with Gasteiger partial charge in [0.15, 0.2) is 0 Å². The van der Waals surface area contributed by atoms with Crippen LogP contribution in [-0.2, 0) is 32.7 Å². The molecule has 0 saturated heterocycles. The molecule has 0 fully saturated rings. The van der Waals surface area contributed by atoms with Gasteiger partial charge in [-0.1, -0.05) is 0 Å². The van der Waals surface area contributed by atoms with Crippen LogP contribution in [0.15, 0.2) is 18.2 Å². The average Bonchev–Trinajstić information content (AvgIpc) is 1.64. The molecule has 0 N–H and O–H groups in total. The quantitative estimate of drug-likeness (QED) is 0.562. The second-order valence-corrected chi connectivity index (χ2v) is 1.35. The Bertz CT molecular complexity index is 171. The van der Waals surface area contributed by atoms with Gasteiger partial charge in [-0.15, -0.1) is 18.2 Å². The first-order valence-electron chi connectivity index (χ1n) is 2.12. The van der Waals surface area contributed by atoms with Crippen LogP contribution in [0.5, 0.6) is 0 Å². The third kappa shape index (κ3) is 3.02. The van der Waals surface area contributed by atoms with Gasteiger partial charge in [-0.2, -0.15) is 6.07 Å². The molecule has 1 radical (unpaired) electrons. The normalized spacial score (nSPS) is 8.22. The van der Waals surface area contributed by atoms with Crippen LogP contribution < -0.4 is 0 Å². The Morgan fingerprint density at radius 3 is 1.78 bits per heavy atom. The Morgan fingerprint density at radius 1 is 1.11 bits per heavy atom. The molecule has 0 aliphatic carbocycles. The average molecular weight is 202 g/mol. The predicted molar refractivity (Wildman–Crippen MR) is 25.2 cm³/mol. The molecule has 0 heterocycles. The van der Waals surface area contributed by atoms with Gasteiger partial charge in [0.1, 0.15) is 0 Å². The molecule has 0 aliphatic rings. The van der Waals surface area contributed by atoms with Crippen LogP contribution in [0.1, 0.15) is 0 Å². The fraction of sp³-hybridized carbons (Fsp3) is 0. The van der Waals surface area contributed by atoms with E-state index >= 15 is 0 Å². The van der Waals surface area contributed by atoms with Crippen molar-refractivity contribution in [3.05, 3.63) is 35.9 Å². The van der Waals surface area contributed by atoms with Crippen LogP contribution in [0, 0.1) is 17.7 Å². The largest absolute Gasteiger partial charge is 0.236 e. The molecule has 1 aromatic carbocycles. The van der Waals surface area contributed by atoms with Gasteiger partial charge in [0.2, 0.25) is 0 Å². The standard InChI is InChI=1S/C6H3F2.Y/c7-5-2-1-3-6(8)4-5;/h1-3H;/q-1;. The SMILES string of the molecule is Fc1[c-]c(F)ccc1.[Y]. The van der Waals surface area contributed by atoms with Gasteiger partial charge < -0.3 is 0 Å². The summed E-state index contributed by atoms with van der Waals surface area (Å²) >= 11 is 0. The first-order chi connectivity index (χ1) is 3.79. The van der Waals surface area contributed by atoms with Gasteiger partial charge in [-0.05, 0) is 0 Å². The fourth-order valence-electron chi connectivity index (χ4n) is 0.414. The Labute approximate surface area is 77.1 Å². The zero-order chi connectivity index (χ0) is 5.98. The maximum atomic E-state index is 11.9. The maximum absolute atomic E-state index is 11.9. The molecule has 0 amide bonds. The van der Waals surface area contributed by atoms with E-state index in [2.05, 4.69) is 0 Å². The number of benzene rings is 1. The van der Waals surface area contributed by atoms with Gasteiger partial charge in [-0.3, -0.25) is 0 Å². The zero-order valence-corrected chi connectivity index (χ0v) is 7.40. The summed E-state index contributed by atoms with van der Waals surface area (Å²) < 4.78 is 23.7. The minimum atomic E-state index is -0.662. The van der Waals surface area contributed by atoms with E-state index in [-0.39, 0.29) is 32.7 Å². The summed E-state index contributed by atoms with van der Waals surface area (Å²) in [5.41, 5.74) is 0. The van der Waals surface area contributed by atoms with Crippen molar-refractivity contribution in [2.75, 3.05) is 0 Å². The van der Waals surface area contributed by atoms with Crippen LogP contribution in [0.3, 0.4) is 0 Å². The number of hydrogen-bond donors (Lipinski definition) is 0. The molecule has 0 saturated carbocycles. The minimum Gasteiger partial charge on any atom is -0.236 e. The summed E-state index contributed by atoms with van der Waals surface area (Å²) in [6.07, 6.45) is 0. The van der Waals surface area contributed by atoms with Crippen molar-refractivity contribution in [1.82, 2.24) is 0 Å². The summed E-state index contributed by atoms with van der Waals surface area (Å²) in [6.45, 7) is 0. The molecule has 0 atom stereocenters. The molecule has 1 aromatic rings. The van der Waals surface area contributed by atoms with Crippen LogP contribution in [0.2, 0.25) is 0 Å². The van der Waals surface area contributed by atoms with Gasteiger partial charge in [0.05, 0.1) is 0 Å². The van der Waals surface area contributed by atoms with Crippen LogP contribution in [0.4, 0.5) is 8.78 Å². The van der Waals surface area contributed by atoms with Crippen molar-refractivity contribution in [3.63, 3.8) is 0 Å². The van der Waals surface area contributed by atoms with Gasteiger partial charge >= 0.3 is 0 Å². The fourth-order valence-corrected chi connectivity index (χ4v) is 0.414. The number of rotatable bonds is 0. The maximum Gasteiger partial charge on any atom is 0.0136 e. The molecule has 45 valence electrons. The van der Waals surface area contributed by atoms with Crippen molar-refractivity contribution in [2.24, 2.45) is 0 Å². The molecular formula is C6H3F2Y-. The molecule has 0 aliphatic heterocycles. The molecule has 0 unspecified atom stereocenters. The Morgan fingerprint density at radius 2 is 1.56 bits per heavy atom. The van der Waals surface area contributed by atoms with Gasteiger partial charge in [0, 0.05) is 44.3 Å². The Hall–Kier alpha value is 0.184. The van der Waals surface area contributed by atoms with Gasteiger partial charge in [0.25, 0.3) is 0 Å². The van der Waals surface area contributed by atoms with E-state index in [0.29, 0.717) is 0 Å². The van der Waals surface area contributed by atoms with E-state index in [0.717, 1.165) is 12.1 Å². The third-order valence-electron chi connectivity index (χ3n) is 0.724. The van der Waals surface area contributed by atoms with Crippen LogP contribution in [0.25, 0.3) is 0 Å². The van der Waals surface area contributed by atoms with E-state index in [1.54, 1.807) is 0 Å². The van der Waals surface area contributed by atoms with E-state index in [1.807, 2.05) is 6.07 Å². The molecule has 0 bridgehead atoms. The second-order valence-electron chi connectivity index (χ2n) is 1.35. The molecule has 3 heteroatoms. The summed E-state index contributed by atoms with van der Waals surface area (Å²) in [6, 6.07) is 5.41. The van der Waals surface area contributed by atoms with E-state index in [1.165, 1.54) is 6.07 Å². The van der Waals surface area contributed by atoms with Crippen molar-refractivity contribution >= 4 is 0 Å². The zero-order valence-electron chi connectivity index (χ0n) is 4.57. The summed E-state index contributed by atoms with van der Waals surface area (Å²) in [5, 5.41) is 0. The van der Waals surface area contributed by atoms with E-state index in [9.17, 15) is 8.78 Å². The summed E-state index contributed by atoms with van der Waals surface area (Å²) in [4.78, 5) is 0. The Kier molecular flexibility index (Phi) is 4.16. The number of hydrogen-bond acceptors (Lipinski definition) is 0. The van der Waals surface area contributed by atoms with Crippen LogP contribution in [-0.4, -0.2) is 0 Å². The topological polar surface area (TPSA) is 0 Å². The second kappa shape index (κ2) is 4.07. The minimum absolute atomic E-state index is 0. The van der Waals surface area contributed by atoms with E-state index in [4.69, 9.17) is 0 Å². The van der Waals surface area contributed by atoms with Crippen LogP contribution >= 0.6 is 0 Å². The molecule has 0 nitrogen and oxygen atoms in total. The summed E-state index contributed by atoms with van der Waals surface area (Å²) in [5.74, 6) is -1.32. The van der Waals surface area contributed by atoms with Gasteiger partial charge in [-0.25, -0.2) is 8.78 Å². The molecule has 9 heavy (non-hydrogen) atoms. The first-order valence-corrected chi connectivity index (χ1v) is 2.12. The van der Waals surface area contributed by atoms with Crippen molar-refractivity contribution in [1.29, 1.82) is 0 Å². The van der Waals surface area contributed by atoms with Crippen molar-refractivity contribution in [2.45, 2.75) is 0 Å². The van der Waals surface area contributed by atoms with E-state index < -0.39 is 11.6 Å². The number of halogens is 2. The van der Waals surface area contributed by atoms with Crippen molar-refractivity contribution in [3.8, 4) is 0 Å². The molecule has 0 aromatic heterocycles. The predicted octanol–water partition coefficient (Wildman–Crippen LogP) is 1.76. The smallest absolute Gasteiger partial charge is 0.0136 e. The summed E-state index contributed by atoms with van der Waals surface area (Å²) in [7, 11) is 0. The molecule has 0 spiro atoms.